The third-order valence-corrected chi connectivity index (χ3v) is 3.51. The van der Waals surface area contributed by atoms with Crippen LogP contribution in [0.4, 0.5) is 0 Å². The van der Waals surface area contributed by atoms with Crippen LogP contribution < -0.4 is 5.32 Å². The molecule has 4 nitrogen and oxygen atoms in total. The molecule has 0 radical (unpaired) electrons. The molecule has 1 saturated heterocycles. The summed E-state index contributed by atoms with van der Waals surface area (Å²) in [5.41, 5.74) is 1.54. The van der Waals surface area contributed by atoms with Crippen LogP contribution in [-0.2, 0) is 16.0 Å². The Labute approximate surface area is 119 Å². The molecule has 20 heavy (non-hydrogen) atoms. The van der Waals surface area contributed by atoms with Crippen LogP contribution in [0, 0.1) is 11.3 Å². The minimum atomic E-state index is 0.0190. The van der Waals surface area contributed by atoms with Crippen LogP contribution in [0.15, 0.2) is 24.3 Å². The molecule has 0 aromatic heterocycles. The van der Waals surface area contributed by atoms with E-state index in [1.165, 1.54) is 6.42 Å². The molecule has 1 aliphatic heterocycles. The van der Waals surface area contributed by atoms with Gasteiger partial charge in [-0.2, -0.15) is 5.26 Å². The molecular formula is C16H20N2O2. The molecule has 1 N–H and O–H groups in total. The first-order valence-electron chi connectivity index (χ1n) is 7.15. The van der Waals surface area contributed by atoms with Crippen LogP contribution in [0.1, 0.15) is 36.8 Å². The summed E-state index contributed by atoms with van der Waals surface area (Å²) < 4.78 is 5.62. The Morgan fingerprint density at radius 3 is 2.80 bits per heavy atom. The summed E-state index contributed by atoms with van der Waals surface area (Å²) in [4.78, 5) is 11.8. The van der Waals surface area contributed by atoms with Gasteiger partial charge in [-0.25, -0.2) is 0 Å². The molecule has 1 aromatic carbocycles. The van der Waals surface area contributed by atoms with Gasteiger partial charge in [-0.15, -0.1) is 0 Å². The van der Waals surface area contributed by atoms with Crippen LogP contribution in [0.5, 0.6) is 0 Å². The number of hydrogen-bond donors (Lipinski definition) is 1. The molecule has 1 aromatic rings. The SMILES string of the molecule is N#Cc1ccc(CC(=O)NCCC2CCCCO2)cc1. The minimum absolute atomic E-state index is 0.0190. The fourth-order valence-corrected chi connectivity index (χ4v) is 2.35. The summed E-state index contributed by atoms with van der Waals surface area (Å²) in [6, 6.07) is 9.18. The van der Waals surface area contributed by atoms with Crippen LogP contribution in [0.2, 0.25) is 0 Å². The monoisotopic (exact) mass is 272 g/mol. The van der Waals surface area contributed by atoms with E-state index >= 15 is 0 Å². The second-order valence-corrected chi connectivity index (χ2v) is 5.11. The summed E-state index contributed by atoms with van der Waals surface area (Å²) in [6.07, 6.45) is 5.03. The van der Waals surface area contributed by atoms with Crippen molar-refractivity contribution in [2.75, 3.05) is 13.2 Å². The molecule has 1 aliphatic rings. The fourth-order valence-electron chi connectivity index (χ4n) is 2.35. The van der Waals surface area contributed by atoms with Gasteiger partial charge in [-0.3, -0.25) is 4.79 Å². The standard InChI is InChI=1S/C16H20N2O2/c17-12-14-6-4-13(5-7-14)11-16(19)18-9-8-15-3-1-2-10-20-15/h4-7,15H,1-3,8-11H2,(H,18,19). The van der Waals surface area contributed by atoms with E-state index in [1.54, 1.807) is 12.1 Å². The van der Waals surface area contributed by atoms with E-state index in [-0.39, 0.29) is 5.91 Å². The highest BCUT2D eigenvalue weighted by atomic mass is 16.5. The van der Waals surface area contributed by atoms with Crippen molar-refractivity contribution in [3.8, 4) is 6.07 Å². The third kappa shape index (κ3) is 4.67. The molecular weight excluding hydrogens is 252 g/mol. The Morgan fingerprint density at radius 1 is 1.35 bits per heavy atom. The van der Waals surface area contributed by atoms with Crippen molar-refractivity contribution in [1.29, 1.82) is 5.26 Å². The largest absolute Gasteiger partial charge is 0.378 e. The number of nitrogens with one attached hydrogen (secondary N) is 1. The van der Waals surface area contributed by atoms with E-state index in [0.717, 1.165) is 31.4 Å². The number of nitrogens with zero attached hydrogens (tertiary/aromatic N) is 1. The van der Waals surface area contributed by atoms with Gasteiger partial charge in [0.1, 0.15) is 0 Å². The van der Waals surface area contributed by atoms with E-state index in [9.17, 15) is 4.79 Å². The molecule has 0 spiro atoms. The van der Waals surface area contributed by atoms with Gasteiger partial charge < -0.3 is 10.1 Å². The number of nitriles is 1. The van der Waals surface area contributed by atoms with Crippen molar-refractivity contribution in [3.05, 3.63) is 35.4 Å². The summed E-state index contributed by atoms with van der Waals surface area (Å²) in [7, 11) is 0. The van der Waals surface area contributed by atoms with E-state index in [2.05, 4.69) is 11.4 Å². The van der Waals surface area contributed by atoms with Crippen molar-refractivity contribution >= 4 is 5.91 Å². The number of rotatable bonds is 5. The minimum Gasteiger partial charge on any atom is -0.378 e. The number of benzene rings is 1. The molecule has 2 rings (SSSR count). The number of carbonyl (C=O) groups is 1. The van der Waals surface area contributed by atoms with Crippen molar-refractivity contribution in [1.82, 2.24) is 5.32 Å². The molecule has 1 atom stereocenters. The van der Waals surface area contributed by atoms with Crippen LogP contribution in [0.25, 0.3) is 0 Å². The zero-order valence-corrected chi connectivity index (χ0v) is 11.6. The van der Waals surface area contributed by atoms with Gasteiger partial charge in [-0.1, -0.05) is 12.1 Å². The lowest BCUT2D eigenvalue weighted by Crippen LogP contribution is -2.30. The number of amides is 1. The molecule has 1 amide bonds. The van der Waals surface area contributed by atoms with Gasteiger partial charge in [0.2, 0.25) is 5.91 Å². The predicted molar refractivity (Wildman–Crippen MR) is 76.1 cm³/mol. The van der Waals surface area contributed by atoms with Gasteiger partial charge in [0.15, 0.2) is 0 Å². The lowest BCUT2D eigenvalue weighted by atomic mass is 10.1. The predicted octanol–water partition coefficient (Wildman–Crippen LogP) is 2.18. The highest BCUT2D eigenvalue weighted by Crippen LogP contribution is 2.14. The lowest BCUT2D eigenvalue weighted by Gasteiger charge is -2.22. The van der Waals surface area contributed by atoms with Crippen molar-refractivity contribution in [2.24, 2.45) is 0 Å². The topological polar surface area (TPSA) is 62.1 Å². The first kappa shape index (κ1) is 14.5. The number of carbonyl (C=O) groups excluding carboxylic acids is 1. The average Bonchev–Trinajstić information content (AvgIpc) is 2.49. The first-order valence-corrected chi connectivity index (χ1v) is 7.15. The fraction of sp³-hybridized carbons (Fsp3) is 0.500. The Hall–Kier alpha value is -1.86. The smallest absolute Gasteiger partial charge is 0.224 e. The summed E-state index contributed by atoms with van der Waals surface area (Å²) in [5.74, 6) is 0.0190. The molecule has 1 heterocycles. The quantitative estimate of drug-likeness (QED) is 0.893. The normalized spacial score (nSPS) is 18.2. The van der Waals surface area contributed by atoms with E-state index in [4.69, 9.17) is 10.00 Å². The molecule has 1 fully saturated rings. The maximum absolute atomic E-state index is 11.8. The van der Waals surface area contributed by atoms with Crippen molar-refractivity contribution < 1.29 is 9.53 Å². The zero-order chi connectivity index (χ0) is 14.2. The number of hydrogen-bond acceptors (Lipinski definition) is 3. The third-order valence-electron chi connectivity index (χ3n) is 3.51. The Bertz CT molecular complexity index is 470. The van der Waals surface area contributed by atoms with Crippen molar-refractivity contribution in [2.45, 2.75) is 38.2 Å². The number of ether oxygens (including phenoxy) is 1. The molecule has 106 valence electrons. The van der Waals surface area contributed by atoms with E-state index < -0.39 is 0 Å². The van der Waals surface area contributed by atoms with Gasteiger partial charge in [-0.05, 0) is 43.4 Å². The Balaban J connectivity index is 1.68. The van der Waals surface area contributed by atoms with Gasteiger partial charge in [0.25, 0.3) is 0 Å². The van der Waals surface area contributed by atoms with Gasteiger partial charge in [0, 0.05) is 13.2 Å². The molecule has 1 unspecified atom stereocenters. The first-order chi connectivity index (χ1) is 9.78. The molecule has 0 saturated carbocycles. The second kappa shape index (κ2) is 7.66. The van der Waals surface area contributed by atoms with Gasteiger partial charge in [0.05, 0.1) is 24.2 Å². The van der Waals surface area contributed by atoms with Crippen LogP contribution in [0.3, 0.4) is 0 Å². The Morgan fingerprint density at radius 2 is 2.15 bits per heavy atom. The maximum atomic E-state index is 11.8. The molecule has 0 bridgehead atoms. The summed E-state index contributed by atoms with van der Waals surface area (Å²) in [5, 5.41) is 11.6. The highest BCUT2D eigenvalue weighted by Gasteiger charge is 2.13. The summed E-state index contributed by atoms with van der Waals surface area (Å²) >= 11 is 0. The van der Waals surface area contributed by atoms with E-state index in [0.29, 0.717) is 24.6 Å². The van der Waals surface area contributed by atoms with Gasteiger partial charge >= 0.3 is 0 Å². The molecule has 4 heteroatoms. The molecule has 0 aliphatic carbocycles. The highest BCUT2D eigenvalue weighted by molar-refractivity contribution is 5.78. The second-order valence-electron chi connectivity index (χ2n) is 5.11. The van der Waals surface area contributed by atoms with Crippen molar-refractivity contribution in [3.63, 3.8) is 0 Å². The maximum Gasteiger partial charge on any atom is 0.224 e. The summed E-state index contributed by atoms with van der Waals surface area (Å²) in [6.45, 7) is 1.52. The zero-order valence-electron chi connectivity index (χ0n) is 11.6. The van der Waals surface area contributed by atoms with Crippen LogP contribution >= 0.6 is 0 Å². The average molecular weight is 272 g/mol. The lowest BCUT2D eigenvalue weighted by molar-refractivity contribution is -0.120. The van der Waals surface area contributed by atoms with Crippen LogP contribution in [-0.4, -0.2) is 25.2 Å². The Kier molecular flexibility index (Phi) is 5.57. The van der Waals surface area contributed by atoms with E-state index in [1.807, 2.05) is 12.1 Å².